The lowest BCUT2D eigenvalue weighted by molar-refractivity contribution is -0.0545. The molecule has 1 aliphatic carbocycles. The molecule has 2 saturated heterocycles. The van der Waals surface area contributed by atoms with Crippen LogP contribution in [0.15, 0.2) is 48.5 Å². The van der Waals surface area contributed by atoms with Gasteiger partial charge in [0.15, 0.2) is 0 Å². The molecule has 5 rings (SSSR count). The summed E-state index contributed by atoms with van der Waals surface area (Å²) in [6.45, 7) is 8.62. The third-order valence-corrected chi connectivity index (χ3v) is 9.07. The molecule has 0 amide bonds. The Morgan fingerprint density at radius 2 is 1.81 bits per heavy atom. The third kappa shape index (κ3) is 5.61. The number of rotatable bonds is 8. The van der Waals surface area contributed by atoms with Crippen molar-refractivity contribution >= 4 is 0 Å². The number of alkyl halides is 2. The van der Waals surface area contributed by atoms with Crippen molar-refractivity contribution < 1.29 is 13.5 Å². The van der Waals surface area contributed by atoms with Crippen LogP contribution in [0.1, 0.15) is 68.1 Å². The summed E-state index contributed by atoms with van der Waals surface area (Å²) in [5.74, 6) is 0.753. The number of ether oxygens (including phenoxy) is 1. The van der Waals surface area contributed by atoms with Gasteiger partial charge in [-0.15, -0.1) is 0 Å². The maximum absolute atomic E-state index is 13.4. The molecule has 4 nitrogen and oxygen atoms in total. The Morgan fingerprint density at radius 3 is 2.50 bits per heavy atom. The largest absolute Gasteiger partial charge is 0.496 e. The zero-order chi connectivity index (χ0) is 25.1. The van der Waals surface area contributed by atoms with Crippen molar-refractivity contribution in [3.63, 3.8) is 0 Å². The molecule has 6 heteroatoms. The first-order valence-electron chi connectivity index (χ1n) is 13.6. The molecule has 2 aromatic carbocycles. The van der Waals surface area contributed by atoms with E-state index in [9.17, 15) is 8.78 Å². The maximum atomic E-state index is 13.4. The van der Waals surface area contributed by atoms with Gasteiger partial charge in [-0.25, -0.2) is 8.78 Å². The Labute approximate surface area is 215 Å². The van der Waals surface area contributed by atoms with Gasteiger partial charge in [-0.05, 0) is 79.8 Å². The first-order valence-corrected chi connectivity index (χ1v) is 13.6. The summed E-state index contributed by atoms with van der Waals surface area (Å²) in [7, 11) is 1.47. The van der Waals surface area contributed by atoms with Crippen molar-refractivity contribution in [1.29, 1.82) is 0 Å². The lowest BCUT2D eigenvalue weighted by Crippen LogP contribution is -2.61. The standard InChI is InChI=1S/C30H41F2N3O/c1-22(24-6-4-3-5-7-24)16-25-21-35(26-18-30(19-26)10-12-33-13-11-30)15-14-34(25)20-23-8-9-27(29(31)32)28(17-23)36-2/h3-9,17,22,25-26,29,33H,10-16,18-21H2,1-2H3. The Kier molecular flexibility index (Phi) is 7.94. The smallest absolute Gasteiger partial charge is 0.267 e. The quantitative estimate of drug-likeness (QED) is 0.496. The predicted octanol–water partition coefficient (Wildman–Crippen LogP) is 5.85. The van der Waals surface area contributed by atoms with Crippen LogP contribution < -0.4 is 10.1 Å². The van der Waals surface area contributed by atoms with Gasteiger partial charge in [-0.1, -0.05) is 43.3 Å². The Morgan fingerprint density at radius 1 is 1.06 bits per heavy atom. The SMILES string of the molecule is COc1cc(CN2CCN(C3CC4(CCNCC4)C3)CC2CC(C)c2ccccc2)ccc1C(F)F. The number of halogens is 2. The van der Waals surface area contributed by atoms with E-state index in [1.807, 2.05) is 6.07 Å². The number of methoxy groups -OCH3 is 1. The summed E-state index contributed by atoms with van der Waals surface area (Å²) in [4.78, 5) is 5.33. The Bertz CT molecular complexity index is 987. The number of piperazine rings is 1. The Hall–Kier alpha value is -2.02. The summed E-state index contributed by atoms with van der Waals surface area (Å²) in [5, 5.41) is 3.52. The molecule has 3 aliphatic rings. The van der Waals surface area contributed by atoms with E-state index in [0.29, 0.717) is 23.4 Å². The lowest BCUT2D eigenvalue weighted by atomic mass is 9.60. The highest BCUT2D eigenvalue weighted by molar-refractivity contribution is 5.38. The summed E-state index contributed by atoms with van der Waals surface area (Å²) in [5.41, 5.74) is 2.98. The molecule has 1 saturated carbocycles. The molecule has 2 heterocycles. The molecule has 0 aromatic heterocycles. The summed E-state index contributed by atoms with van der Waals surface area (Å²) < 4.78 is 32.0. The second-order valence-electron chi connectivity index (χ2n) is 11.4. The van der Waals surface area contributed by atoms with Gasteiger partial charge in [0.05, 0.1) is 12.7 Å². The van der Waals surface area contributed by atoms with Crippen LogP contribution in [0, 0.1) is 5.41 Å². The molecule has 0 radical (unpaired) electrons. The number of nitrogens with one attached hydrogen (secondary N) is 1. The van der Waals surface area contributed by atoms with Gasteiger partial charge in [0.25, 0.3) is 6.43 Å². The Balaban J connectivity index is 1.29. The topological polar surface area (TPSA) is 27.7 Å². The van der Waals surface area contributed by atoms with E-state index in [-0.39, 0.29) is 11.3 Å². The second kappa shape index (κ2) is 11.2. The molecule has 3 fully saturated rings. The average Bonchev–Trinajstić information content (AvgIpc) is 2.89. The first-order chi connectivity index (χ1) is 17.5. The summed E-state index contributed by atoms with van der Waals surface area (Å²) in [6, 6.07) is 17.1. The molecular weight excluding hydrogens is 456 g/mol. The third-order valence-electron chi connectivity index (χ3n) is 9.07. The number of benzene rings is 2. The fourth-order valence-electron chi connectivity index (χ4n) is 6.84. The van der Waals surface area contributed by atoms with Gasteiger partial charge in [0.1, 0.15) is 5.75 Å². The van der Waals surface area contributed by atoms with Gasteiger partial charge in [0, 0.05) is 38.3 Å². The van der Waals surface area contributed by atoms with Crippen LogP contribution in [0.3, 0.4) is 0 Å². The van der Waals surface area contributed by atoms with Crippen LogP contribution in [-0.2, 0) is 6.54 Å². The van der Waals surface area contributed by atoms with Crippen LogP contribution in [0.25, 0.3) is 0 Å². The molecule has 2 aromatic rings. The van der Waals surface area contributed by atoms with E-state index in [4.69, 9.17) is 4.74 Å². The van der Waals surface area contributed by atoms with Crippen LogP contribution >= 0.6 is 0 Å². The molecule has 2 unspecified atom stereocenters. The van der Waals surface area contributed by atoms with Gasteiger partial charge in [-0.2, -0.15) is 0 Å². The van der Waals surface area contributed by atoms with Crippen molar-refractivity contribution in [3.8, 4) is 5.75 Å². The molecule has 1 spiro atoms. The molecular formula is C30H41F2N3O. The maximum Gasteiger partial charge on any atom is 0.267 e. The van der Waals surface area contributed by atoms with E-state index >= 15 is 0 Å². The second-order valence-corrected chi connectivity index (χ2v) is 11.4. The normalized spacial score (nSPS) is 24.1. The van der Waals surface area contributed by atoms with Gasteiger partial charge in [-0.3, -0.25) is 9.80 Å². The lowest BCUT2D eigenvalue weighted by Gasteiger charge is -2.56. The van der Waals surface area contributed by atoms with Crippen LogP contribution in [0.2, 0.25) is 0 Å². The van der Waals surface area contributed by atoms with Crippen molar-refractivity contribution in [2.75, 3.05) is 39.8 Å². The fourth-order valence-corrected chi connectivity index (χ4v) is 6.84. The monoisotopic (exact) mass is 497 g/mol. The number of nitrogens with zero attached hydrogens (tertiary/aromatic N) is 2. The van der Waals surface area contributed by atoms with E-state index in [0.717, 1.165) is 38.2 Å². The molecule has 196 valence electrons. The molecule has 2 aliphatic heterocycles. The van der Waals surface area contributed by atoms with Crippen molar-refractivity contribution in [2.45, 2.75) is 70.0 Å². The zero-order valence-corrected chi connectivity index (χ0v) is 21.8. The van der Waals surface area contributed by atoms with E-state index in [1.165, 1.54) is 57.5 Å². The van der Waals surface area contributed by atoms with E-state index in [1.54, 1.807) is 6.07 Å². The molecule has 36 heavy (non-hydrogen) atoms. The van der Waals surface area contributed by atoms with Gasteiger partial charge < -0.3 is 10.1 Å². The number of hydrogen-bond donors (Lipinski definition) is 1. The van der Waals surface area contributed by atoms with E-state index in [2.05, 4.69) is 52.4 Å². The summed E-state index contributed by atoms with van der Waals surface area (Å²) >= 11 is 0. The highest BCUT2D eigenvalue weighted by atomic mass is 19.3. The number of piperidine rings is 1. The van der Waals surface area contributed by atoms with Crippen LogP contribution in [0.5, 0.6) is 5.75 Å². The number of hydrogen-bond acceptors (Lipinski definition) is 4. The average molecular weight is 498 g/mol. The zero-order valence-electron chi connectivity index (χ0n) is 21.8. The highest BCUT2D eigenvalue weighted by Crippen LogP contribution is 2.50. The predicted molar refractivity (Wildman–Crippen MR) is 141 cm³/mol. The van der Waals surface area contributed by atoms with Crippen molar-refractivity contribution in [3.05, 3.63) is 65.2 Å². The minimum absolute atomic E-state index is 0.0304. The molecule has 0 bridgehead atoms. The molecule has 1 N–H and O–H groups in total. The van der Waals surface area contributed by atoms with Gasteiger partial charge >= 0.3 is 0 Å². The van der Waals surface area contributed by atoms with Crippen LogP contribution in [-0.4, -0.2) is 61.7 Å². The van der Waals surface area contributed by atoms with Gasteiger partial charge in [0.2, 0.25) is 0 Å². The van der Waals surface area contributed by atoms with Crippen molar-refractivity contribution in [1.82, 2.24) is 15.1 Å². The minimum atomic E-state index is -2.53. The highest BCUT2D eigenvalue weighted by Gasteiger charge is 2.47. The van der Waals surface area contributed by atoms with Crippen LogP contribution in [0.4, 0.5) is 8.78 Å². The molecule has 2 atom stereocenters. The summed E-state index contributed by atoms with van der Waals surface area (Å²) in [6.07, 6.45) is 3.92. The minimum Gasteiger partial charge on any atom is -0.496 e. The first kappa shape index (κ1) is 25.6. The van der Waals surface area contributed by atoms with E-state index < -0.39 is 6.43 Å². The fraction of sp³-hybridized carbons (Fsp3) is 0.600. The van der Waals surface area contributed by atoms with Crippen molar-refractivity contribution in [2.24, 2.45) is 5.41 Å².